The molecular weight excluding hydrogens is 336 g/mol. The van der Waals surface area contributed by atoms with Crippen molar-refractivity contribution < 1.29 is 9.21 Å². The van der Waals surface area contributed by atoms with E-state index in [0.717, 1.165) is 49.4 Å². The van der Waals surface area contributed by atoms with Crippen LogP contribution >= 0.6 is 11.6 Å². The van der Waals surface area contributed by atoms with Gasteiger partial charge in [-0.25, -0.2) is 0 Å². The number of piperidine rings is 1. The molecule has 1 aliphatic carbocycles. The Morgan fingerprint density at radius 2 is 1.92 bits per heavy atom. The molecule has 25 heavy (non-hydrogen) atoms. The third kappa shape index (κ3) is 2.98. The average molecular weight is 359 g/mol. The SMILES string of the molecule is CC1(C(=O)NCc2ccc(-c3ccc(Cl)cc3)o2)CC12CCNCC2. The fraction of sp³-hybridized carbons (Fsp3) is 0.450. The Bertz CT molecular complexity index is 777. The highest BCUT2D eigenvalue weighted by atomic mass is 35.5. The van der Waals surface area contributed by atoms with E-state index < -0.39 is 0 Å². The van der Waals surface area contributed by atoms with Crippen LogP contribution in [0.15, 0.2) is 40.8 Å². The molecule has 2 fully saturated rings. The van der Waals surface area contributed by atoms with Gasteiger partial charge in [0.2, 0.25) is 5.91 Å². The molecule has 2 N–H and O–H groups in total. The van der Waals surface area contributed by atoms with Crippen molar-refractivity contribution in [2.75, 3.05) is 13.1 Å². The first-order valence-corrected chi connectivity index (χ1v) is 9.24. The lowest BCUT2D eigenvalue weighted by Crippen LogP contribution is -2.38. The summed E-state index contributed by atoms with van der Waals surface area (Å²) in [5.41, 5.74) is 0.963. The topological polar surface area (TPSA) is 54.3 Å². The molecule has 1 saturated heterocycles. The largest absolute Gasteiger partial charge is 0.459 e. The molecule has 0 radical (unpaired) electrons. The Morgan fingerprint density at radius 3 is 2.64 bits per heavy atom. The maximum absolute atomic E-state index is 12.7. The van der Waals surface area contributed by atoms with E-state index in [1.807, 2.05) is 36.4 Å². The molecule has 4 rings (SSSR count). The van der Waals surface area contributed by atoms with E-state index >= 15 is 0 Å². The second-order valence-corrected chi connectivity index (χ2v) is 7.93. The lowest BCUT2D eigenvalue weighted by molar-refractivity contribution is -0.127. The second kappa shape index (κ2) is 6.19. The van der Waals surface area contributed by atoms with Crippen molar-refractivity contribution in [2.45, 2.75) is 32.7 Å². The number of furan rings is 1. The molecule has 1 saturated carbocycles. The van der Waals surface area contributed by atoms with Gasteiger partial charge in [0.1, 0.15) is 11.5 Å². The third-order valence-corrected chi connectivity index (χ3v) is 6.26. The van der Waals surface area contributed by atoms with Gasteiger partial charge >= 0.3 is 0 Å². The first-order chi connectivity index (χ1) is 12.0. The van der Waals surface area contributed by atoms with Gasteiger partial charge in [-0.2, -0.15) is 0 Å². The highest BCUT2D eigenvalue weighted by Crippen LogP contribution is 2.68. The molecule has 1 aromatic heterocycles. The normalized spacial score (nSPS) is 24.2. The number of carbonyl (C=O) groups is 1. The fourth-order valence-corrected chi connectivity index (χ4v) is 4.32. The van der Waals surface area contributed by atoms with Gasteiger partial charge in [0.15, 0.2) is 0 Å². The van der Waals surface area contributed by atoms with E-state index in [1.54, 1.807) is 0 Å². The molecule has 1 amide bonds. The second-order valence-electron chi connectivity index (χ2n) is 7.49. The predicted molar refractivity (Wildman–Crippen MR) is 98.3 cm³/mol. The molecule has 1 atom stereocenters. The zero-order valence-corrected chi connectivity index (χ0v) is 15.2. The number of carbonyl (C=O) groups excluding carboxylic acids is 1. The van der Waals surface area contributed by atoms with Gasteiger partial charge in [0.05, 0.1) is 12.0 Å². The minimum absolute atomic E-state index is 0.152. The first-order valence-electron chi connectivity index (χ1n) is 8.86. The van der Waals surface area contributed by atoms with Crippen LogP contribution in [0.5, 0.6) is 0 Å². The lowest BCUT2D eigenvalue weighted by atomic mass is 9.85. The zero-order valence-electron chi connectivity index (χ0n) is 14.4. The van der Waals surface area contributed by atoms with Crippen LogP contribution in [0.25, 0.3) is 11.3 Å². The van der Waals surface area contributed by atoms with Crippen LogP contribution in [0, 0.1) is 10.8 Å². The van der Waals surface area contributed by atoms with Crippen LogP contribution in [0.1, 0.15) is 31.9 Å². The van der Waals surface area contributed by atoms with Crippen molar-refractivity contribution in [3.05, 3.63) is 47.2 Å². The molecule has 5 heteroatoms. The molecule has 2 heterocycles. The van der Waals surface area contributed by atoms with Crippen LogP contribution in [0.4, 0.5) is 0 Å². The summed E-state index contributed by atoms with van der Waals surface area (Å²) >= 11 is 5.92. The number of halogens is 1. The lowest BCUT2D eigenvalue weighted by Gasteiger charge is -2.27. The monoisotopic (exact) mass is 358 g/mol. The van der Waals surface area contributed by atoms with E-state index in [4.69, 9.17) is 16.0 Å². The quantitative estimate of drug-likeness (QED) is 0.868. The van der Waals surface area contributed by atoms with Gasteiger partial charge in [0, 0.05) is 10.6 Å². The van der Waals surface area contributed by atoms with E-state index in [-0.39, 0.29) is 16.7 Å². The van der Waals surface area contributed by atoms with E-state index in [2.05, 4.69) is 17.6 Å². The number of hydrogen-bond acceptors (Lipinski definition) is 3. The molecule has 2 aromatic rings. The van der Waals surface area contributed by atoms with Gasteiger partial charge in [-0.1, -0.05) is 18.5 Å². The van der Waals surface area contributed by atoms with E-state index in [1.165, 1.54) is 0 Å². The van der Waals surface area contributed by atoms with E-state index in [0.29, 0.717) is 11.6 Å². The van der Waals surface area contributed by atoms with Crippen molar-refractivity contribution in [2.24, 2.45) is 10.8 Å². The Labute approximate surface area is 152 Å². The van der Waals surface area contributed by atoms with Gasteiger partial charge in [-0.05, 0) is 74.2 Å². The summed E-state index contributed by atoms with van der Waals surface area (Å²) < 4.78 is 5.86. The van der Waals surface area contributed by atoms with Crippen LogP contribution in [0.2, 0.25) is 5.02 Å². The minimum Gasteiger partial charge on any atom is -0.459 e. The highest BCUT2D eigenvalue weighted by Gasteiger charge is 2.67. The van der Waals surface area contributed by atoms with Crippen LogP contribution in [-0.2, 0) is 11.3 Å². The summed E-state index contributed by atoms with van der Waals surface area (Å²) in [6.45, 7) is 4.57. The zero-order chi connectivity index (χ0) is 17.5. The summed E-state index contributed by atoms with van der Waals surface area (Å²) in [6.07, 6.45) is 3.19. The Balaban J connectivity index is 1.37. The predicted octanol–water partition coefficient (Wildman–Crippen LogP) is 4.00. The summed E-state index contributed by atoms with van der Waals surface area (Å²) in [4.78, 5) is 12.7. The highest BCUT2D eigenvalue weighted by molar-refractivity contribution is 6.30. The number of benzene rings is 1. The number of amides is 1. The van der Waals surface area contributed by atoms with Crippen molar-refractivity contribution >= 4 is 17.5 Å². The molecule has 1 aliphatic heterocycles. The molecule has 4 nitrogen and oxygen atoms in total. The van der Waals surface area contributed by atoms with Crippen molar-refractivity contribution in [3.8, 4) is 11.3 Å². The third-order valence-electron chi connectivity index (χ3n) is 6.01. The van der Waals surface area contributed by atoms with Gasteiger partial charge in [0.25, 0.3) is 0 Å². The molecule has 1 unspecified atom stereocenters. The molecule has 1 spiro atoms. The number of nitrogens with one attached hydrogen (secondary N) is 2. The smallest absolute Gasteiger partial charge is 0.226 e. The molecule has 132 valence electrons. The fourth-order valence-electron chi connectivity index (χ4n) is 4.19. The average Bonchev–Trinajstić information content (AvgIpc) is 2.98. The Morgan fingerprint density at radius 1 is 1.20 bits per heavy atom. The van der Waals surface area contributed by atoms with Crippen LogP contribution < -0.4 is 10.6 Å². The van der Waals surface area contributed by atoms with Gasteiger partial charge in [-0.15, -0.1) is 0 Å². The van der Waals surface area contributed by atoms with Gasteiger partial charge < -0.3 is 15.1 Å². The maximum atomic E-state index is 12.7. The van der Waals surface area contributed by atoms with Gasteiger partial charge in [-0.3, -0.25) is 4.79 Å². The molecule has 0 bridgehead atoms. The molecule has 1 aromatic carbocycles. The number of rotatable bonds is 4. The standard InChI is InChI=1S/C20H23ClN2O2/c1-19(13-20(19)8-10-22-11-9-20)18(24)23-12-16-6-7-17(25-16)14-2-4-15(21)5-3-14/h2-7,22H,8-13H2,1H3,(H,23,24). The number of hydrogen-bond donors (Lipinski definition) is 2. The minimum atomic E-state index is -0.222. The van der Waals surface area contributed by atoms with Crippen LogP contribution in [0.3, 0.4) is 0 Å². The first kappa shape index (κ1) is 16.7. The Hall–Kier alpha value is -1.78. The summed E-state index contributed by atoms with van der Waals surface area (Å²) in [5, 5.41) is 7.16. The molecule has 2 aliphatic rings. The van der Waals surface area contributed by atoms with Crippen LogP contribution in [-0.4, -0.2) is 19.0 Å². The summed E-state index contributed by atoms with van der Waals surface area (Å²) in [6, 6.07) is 11.4. The Kier molecular flexibility index (Phi) is 4.13. The maximum Gasteiger partial charge on any atom is 0.226 e. The summed E-state index contributed by atoms with van der Waals surface area (Å²) in [7, 11) is 0. The van der Waals surface area contributed by atoms with Crippen molar-refractivity contribution in [1.82, 2.24) is 10.6 Å². The van der Waals surface area contributed by atoms with Crippen molar-refractivity contribution in [1.29, 1.82) is 0 Å². The van der Waals surface area contributed by atoms with Crippen molar-refractivity contribution in [3.63, 3.8) is 0 Å². The summed E-state index contributed by atoms with van der Waals surface area (Å²) in [5.74, 6) is 1.70. The van der Waals surface area contributed by atoms with E-state index in [9.17, 15) is 4.79 Å². The molecular formula is C20H23ClN2O2.